The summed E-state index contributed by atoms with van der Waals surface area (Å²) in [4.78, 5) is 0. The van der Waals surface area contributed by atoms with Crippen molar-refractivity contribution in [2.24, 2.45) is 11.5 Å². The summed E-state index contributed by atoms with van der Waals surface area (Å²) in [5, 5.41) is 1.37. The van der Waals surface area contributed by atoms with Crippen LogP contribution in [-0.4, -0.2) is 23.6 Å². The molecule has 1 aliphatic rings. The number of thioether (sulfide) groups is 1. The minimum Gasteiger partial charge on any atom is -0.329 e. The monoisotopic (exact) mass is 160 g/mol. The second kappa shape index (κ2) is 4.21. The zero-order valence-electron chi connectivity index (χ0n) is 6.25. The van der Waals surface area contributed by atoms with Gasteiger partial charge in [-0.15, -0.1) is 0 Å². The molecule has 2 unspecified atom stereocenters. The second-order valence-corrected chi connectivity index (χ2v) is 4.39. The van der Waals surface area contributed by atoms with Crippen molar-refractivity contribution < 1.29 is 0 Å². The Labute approximate surface area is 66.7 Å². The number of hydrogen-bond donors (Lipinski definition) is 2. The van der Waals surface area contributed by atoms with Gasteiger partial charge < -0.3 is 11.5 Å². The first-order valence-corrected chi connectivity index (χ1v) is 4.86. The van der Waals surface area contributed by atoms with E-state index in [9.17, 15) is 0 Å². The molecule has 3 heteroatoms. The summed E-state index contributed by atoms with van der Waals surface area (Å²) in [6.45, 7) is 1.64. The molecule has 1 aliphatic heterocycles. The first kappa shape index (κ1) is 8.37. The molecule has 0 bridgehead atoms. The Morgan fingerprint density at radius 1 is 1.10 bits per heavy atom. The normalized spacial score (nSPS) is 34.2. The molecule has 0 saturated carbocycles. The average Bonchev–Trinajstić information content (AvgIpc) is 2.05. The van der Waals surface area contributed by atoms with E-state index in [0.717, 1.165) is 13.1 Å². The van der Waals surface area contributed by atoms with Gasteiger partial charge in [0.2, 0.25) is 0 Å². The molecule has 1 fully saturated rings. The van der Waals surface area contributed by atoms with Crippen molar-refractivity contribution in [3.05, 3.63) is 0 Å². The molecule has 0 aromatic carbocycles. The summed E-state index contributed by atoms with van der Waals surface area (Å²) < 4.78 is 0. The largest absolute Gasteiger partial charge is 0.329 e. The molecule has 4 N–H and O–H groups in total. The van der Waals surface area contributed by atoms with Crippen molar-refractivity contribution in [3.8, 4) is 0 Å². The maximum Gasteiger partial charge on any atom is 0.0173 e. The Hall–Kier alpha value is 0.270. The smallest absolute Gasteiger partial charge is 0.0173 e. The SMILES string of the molecule is NCC1CCCC(CN)S1. The summed E-state index contributed by atoms with van der Waals surface area (Å²) in [5.41, 5.74) is 11.1. The van der Waals surface area contributed by atoms with Crippen LogP contribution in [0.3, 0.4) is 0 Å². The fraction of sp³-hybridized carbons (Fsp3) is 1.00. The van der Waals surface area contributed by atoms with Crippen molar-refractivity contribution >= 4 is 11.8 Å². The molecule has 0 amide bonds. The van der Waals surface area contributed by atoms with Gasteiger partial charge in [-0.3, -0.25) is 0 Å². The lowest BCUT2D eigenvalue weighted by molar-refractivity contribution is 0.608. The van der Waals surface area contributed by atoms with Gasteiger partial charge in [-0.25, -0.2) is 0 Å². The van der Waals surface area contributed by atoms with Gasteiger partial charge in [0.1, 0.15) is 0 Å². The zero-order chi connectivity index (χ0) is 7.40. The van der Waals surface area contributed by atoms with Crippen LogP contribution in [0.25, 0.3) is 0 Å². The van der Waals surface area contributed by atoms with Crippen LogP contribution in [-0.2, 0) is 0 Å². The van der Waals surface area contributed by atoms with Crippen molar-refractivity contribution in [2.45, 2.75) is 29.8 Å². The molecule has 2 nitrogen and oxygen atoms in total. The van der Waals surface area contributed by atoms with Gasteiger partial charge in [0.05, 0.1) is 0 Å². The van der Waals surface area contributed by atoms with Gasteiger partial charge in [0.15, 0.2) is 0 Å². The van der Waals surface area contributed by atoms with Gasteiger partial charge >= 0.3 is 0 Å². The van der Waals surface area contributed by atoms with Crippen molar-refractivity contribution in [3.63, 3.8) is 0 Å². The number of rotatable bonds is 2. The van der Waals surface area contributed by atoms with Crippen LogP contribution in [0.15, 0.2) is 0 Å². The van der Waals surface area contributed by atoms with Crippen LogP contribution < -0.4 is 11.5 Å². The summed E-state index contributed by atoms with van der Waals surface area (Å²) in [6.07, 6.45) is 3.89. The van der Waals surface area contributed by atoms with Gasteiger partial charge in [-0.05, 0) is 12.8 Å². The number of nitrogens with two attached hydrogens (primary N) is 2. The lowest BCUT2D eigenvalue weighted by atomic mass is 10.1. The highest BCUT2D eigenvalue weighted by molar-refractivity contribution is 8.00. The fourth-order valence-corrected chi connectivity index (χ4v) is 2.70. The molecule has 1 heterocycles. The Bertz CT molecular complexity index is 87.6. The van der Waals surface area contributed by atoms with Crippen LogP contribution in [0.1, 0.15) is 19.3 Å². The summed E-state index contributed by atoms with van der Waals surface area (Å²) in [7, 11) is 0. The van der Waals surface area contributed by atoms with Gasteiger partial charge in [0, 0.05) is 23.6 Å². The molecular formula is C7H16N2S. The van der Waals surface area contributed by atoms with E-state index in [-0.39, 0.29) is 0 Å². The predicted molar refractivity (Wildman–Crippen MR) is 47.1 cm³/mol. The molecule has 0 spiro atoms. The van der Waals surface area contributed by atoms with Crippen LogP contribution in [0.4, 0.5) is 0 Å². The molecule has 60 valence electrons. The minimum atomic E-state index is 0.683. The van der Waals surface area contributed by atoms with Crippen LogP contribution in [0.5, 0.6) is 0 Å². The van der Waals surface area contributed by atoms with Crippen LogP contribution >= 0.6 is 11.8 Å². The molecule has 0 aromatic rings. The predicted octanol–water partition coefficient (Wildman–Crippen LogP) is 0.558. The Balaban J connectivity index is 2.25. The topological polar surface area (TPSA) is 52.0 Å². The summed E-state index contributed by atoms with van der Waals surface area (Å²) >= 11 is 1.98. The Morgan fingerprint density at radius 2 is 1.60 bits per heavy atom. The highest BCUT2D eigenvalue weighted by Gasteiger charge is 2.19. The van der Waals surface area contributed by atoms with Gasteiger partial charge in [-0.2, -0.15) is 11.8 Å². The molecule has 1 saturated heterocycles. The van der Waals surface area contributed by atoms with E-state index in [2.05, 4.69) is 0 Å². The van der Waals surface area contributed by atoms with Crippen LogP contribution in [0.2, 0.25) is 0 Å². The van der Waals surface area contributed by atoms with E-state index >= 15 is 0 Å². The Morgan fingerprint density at radius 3 is 2.00 bits per heavy atom. The molecule has 0 aromatic heterocycles. The minimum absolute atomic E-state index is 0.683. The maximum absolute atomic E-state index is 5.56. The molecule has 1 rings (SSSR count). The van der Waals surface area contributed by atoms with E-state index in [0.29, 0.717) is 10.5 Å². The van der Waals surface area contributed by atoms with Crippen molar-refractivity contribution in [1.82, 2.24) is 0 Å². The number of hydrogen-bond acceptors (Lipinski definition) is 3. The molecular weight excluding hydrogens is 144 g/mol. The standard InChI is InChI=1S/C7H16N2S/c8-4-6-2-1-3-7(5-9)10-6/h6-7H,1-5,8-9H2. The third-order valence-corrected chi connectivity index (χ3v) is 3.59. The summed E-state index contributed by atoms with van der Waals surface area (Å²) in [5.74, 6) is 0. The van der Waals surface area contributed by atoms with E-state index < -0.39 is 0 Å². The lowest BCUT2D eigenvalue weighted by Gasteiger charge is -2.26. The third-order valence-electron chi connectivity index (χ3n) is 1.96. The molecule has 2 atom stereocenters. The van der Waals surface area contributed by atoms with E-state index in [1.165, 1.54) is 19.3 Å². The summed E-state index contributed by atoms with van der Waals surface area (Å²) in [6, 6.07) is 0. The van der Waals surface area contributed by atoms with Crippen molar-refractivity contribution in [1.29, 1.82) is 0 Å². The molecule has 10 heavy (non-hydrogen) atoms. The molecule has 0 radical (unpaired) electrons. The van der Waals surface area contributed by atoms with E-state index in [4.69, 9.17) is 11.5 Å². The molecule has 0 aliphatic carbocycles. The maximum atomic E-state index is 5.56. The first-order valence-electron chi connectivity index (χ1n) is 3.92. The average molecular weight is 160 g/mol. The van der Waals surface area contributed by atoms with Crippen LogP contribution in [0, 0.1) is 0 Å². The van der Waals surface area contributed by atoms with E-state index in [1.807, 2.05) is 11.8 Å². The highest BCUT2D eigenvalue weighted by Crippen LogP contribution is 2.30. The first-order chi connectivity index (χ1) is 4.86. The third kappa shape index (κ3) is 2.15. The van der Waals surface area contributed by atoms with E-state index in [1.54, 1.807) is 0 Å². The quantitative estimate of drug-likeness (QED) is 0.620. The van der Waals surface area contributed by atoms with Gasteiger partial charge in [0.25, 0.3) is 0 Å². The van der Waals surface area contributed by atoms with Crippen molar-refractivity contribution in [2.75, 3.05) is 13.1 Å². The fourth-order valence-electron chi connectivity index (χ4n) is 1.33. The lowest BCUT2D eigenvalue weighted by Crippen LogP contribution is -2.28. The van der Waals surface area contributed by atoms with Gasteiger partial charge in [-0.1, -0.05) is 6.42 Å². The second-order valence-electron chi connectivity index (χ2n) is 2.78. The Kier molecular flexibility index (Phi) is 3.52. The zero-order valence-corrected chi connectivity index (χ0v) is 7.07. The highest BCUT2D eigenvalue weighted by atomic mass is 32.2.